The molecule has 0 bridgehead atoms. The number of morpholine rings is 1. The minimum absolute atomic E-state index is 0.0715. The van der Waals surface area contributed by atoms with Crippen molar-refractivity contribution in [2.75, 3.05) is 26.3 Å². The lowest BCUT2D eigenvalue weighted by atomic mass is 10.3. The lowest BCUT2D eigenvalue weighted by Gasteiger charge is -2.31. The first-order valence-electron chi connectivity index (χ1n) is 4.42. The monoisotopic (exact) mass is 208 g/mol. The Morgan fingerprint density at radius 1 is 1.62 bits per heavy atom. The van der Waals surface area contributed by atoms with Crippen LogP contribution in [0.3, 0.4) is 0 Å². The number of rotatable bonds is 3. The topological polar surface area (TPSA) is 58.6 Å². The number of nitrogens with one attached hydrogen (secondary N) is 1. The molecule has 78 valence electrons. The highest BCUT2D eigenvalue weighted by Crippen LogP contribution is 2.09. The second kappa shape index (κ2) is 4.36. The maximum Gasteiger partial charge on any atom is 0.279 e. The number of nitrogens with zero attached hydrogens (tertiary/aromatic N) is 1. The molecule has 6 heteroatoms. The molecule has 1 unspecified atom stereocenters. The van der Waals surface area contributed by atoms with Gasteiger partial charge < -0.3 is 4.74 Å². The Balaban J connectivity index is 2.68. The zero-order valence-corrected chi connectivity index (χ0v) is 8.80. The minimum Gasteiger partial charge on any atom is -0.378 e. The van der Waals surface area contributed by atoms with Crippen LogP contribution in [0.2, 0.25) is 0 Å². The van der Waals surface area contributed by atoms with Gasteiger partial charge in [-0.05, 0) is 6.92 Å². The van der Waals surface area contributed by atoms with Crippen LogP contribution < -0.4 is 4.72 Å². The Morgan fingerprint density at radius 3 is 2.85 bits per heavy atom. The quantitative estimate of drug-likeness (QED) is 0.684. The standard InChI is InChI=1S/C7H16N2O3S/c1-3-8-13(10,11)9-4-5-12-6-7(9)2/h7-8H,3-6H2,1-2H3. The van der Waals surface area contributed by atoms with Crippen LogP contribution >= 0.6 is 0 Å². The molecule has 1 aliphatic heterocycles. The van der Waals surface area contributed by atoms with Crippen LogP contribution in [-0.2, 0) is 14.9 Å². The van der Waals surface area contributed by atoms with Crippen molar-refractivity contribution >= 4 is 10.2 Å². The third kappa shape index (κ3) is 2.63. The van der Waals surface area contributed by atoms with Crippen molar-refractivity contribution in [2.24, 2.45) is 0 Å². The van der Waals surface area contributed by atoms with E-state index in [-0.39, 0.29) is 6.04 Å². The molecule has 0 aromatic rings. The molecule has 1 fully saturated rings. The molecule has 0 radical (unpaired) electrons. The second-order valence-electron chi connectivity index (χ2n) is 3.04. The van der Waals surface area contributed by atoms with Crippen LogP contribution in [0.5, 0.6) is 0 Å². The summed E-state index contributed by atoms with van der Waals surface area (Å²) in [6, 6.07) is -0.0715. The Kier molecular flexibility index (Phi) is 3.66. The fourth-order valence-electron chi connectivity index (χ4n) is 1.33. The lowest BCUT2D eigenvalue weighted by molar-refractivity contribution is 0.0387. The fraction of sp³-hybridized carbons (Fsp3) is 1.00. The van der Waals surface area contributed by atoms with Crippen molar-refractivity contribution < 1.29 is 13.2 Å². The first kappa shape index (κ1) is 10.9. The molecule has 0 aromatic heterocycles. The highest BCUT2D eigenvalue weighted by Gasteiger charge is 2.28. The Bertz CT molecular complexity index is 252. The molecule has 0 aromatic carbocycles. The zero-order valence-electron chi connectivity index (χ0n) is 7.99. The Hall–Kier alpha value is -0.170. The average molecular weight is 208 g/mol. The van der Waals surface area contributed by atoms with Gasteiger partial charge >= 0.3 is 0 Å². The predicted molar refractivity (Wildman–Crippen MR) is 49.6 cm³/mol. The van der Waals surface area contributed by atoms with Crippen molar-refractivity contribution in [1.29, 1.82) is 0 Å². The largest absolute Gasteiger partial charge is 0.378 e. The summed E-state index contributed by atoms with van der Waals surface area (Å²) in [5.41, 5.74) is 0. The van der Waals surface area contributed by atoms with Crippen LogP contribution in [0.4, 0.5) is 0 Å². The van der Waals surface area contributed by atoms with E-state index in [2.05, 4.69) is 4.72 Å². The molecule has 1 atom stereocenters. The molecule has 1 saturated heterocycles. The third-order valence-corrected chi connectivity index (χ3v) is 3.76. The van der Waals surface area contributed by atoms with Gasteiger partial charge in [-0.3, -0.25) is 0 Å². The van der Waals surface area contributed by atoms with Gasteiger partial charge in [-0.1, -0.05) is 6.92 Å². The molecule has 13 heavy (non-hydrogen) atoms. The van der Waals surface area contributed by atoms with E-state index in [1.807, 2.05) is 6.92 Å². The highest BCUT2D eigenvalue weighted by atomic mass is 32.2. The molecule has 0 spiro atoms. The van der Waals surface area contributed by atoms with Crippen LogP contribution in [0.15, 0.2) is 0 Å². The smallest absolute Gasteiger partial charge is 0.279 e. The Morgan fingerprint density at radius 2 is 2.31 bits per heavy atom. The van der Waals surface area contributed by atoms with Gasteiger partial charge in [-0.2, -0.15) is 12.7 Å². The summed E-state index contributed by atoms with van der Waals surface area (Å²) in [5.74, 6) is 0. The van der Waals surface area contributed by atoms with Crippen LogP contribution in [0.25, 0.3) is 0 Å². The molecule has 0 aliphatic carbocycles. The van der Waals surface area contributed by atoms with E-state index in [0.717, 1.165) is 0 Å². The molecule has 0 amide bonds. The summed E-state index contributed by atoms with van der Waals surface area (Å²) in [6.07, 6.45) is 0. The molecular weight excluding hydrogens is 192 g/mol. The molecule has 1 N–H and O–H groups in total. The number of ether oxygens (including phenoxy) is 1. The first-order valence-corrected chi connectivity index (χ1v) is 5.86. The highest BCUT2D eigenvalue weighted by molar-refractivity contribution is 7.87. The minimum atomic E-state index is -3.28. The normalized spacial score (nSPS) is 26.2. The molecule has 0 saturated carbocycles. The van der Waals surface area contributed by atoms with Gasteiger partial charge in [-0.15, -0.1) is 0 Å². The van der Waals surface area contributed by atoms with Crippen LogP contribution in [0, 0.1) is 0 Å². The van der Waals surface area contributed by atoms with Crippen molar-refractivity contribution in [3.05, 3.63) is 0 Å². The van der Waals surface area contributed by atoms with Crippen molar-refractivity contribution in [3.8, 4) is 0 Å². The van der Waals surface area contributed by atoms with E-state index in [0.29, 0.717) is 26.3 Å². The van der Waals surface area contributed by atoms with Gasteiger partial charge in [0, 0.05) is 19.1 Å². The average Bonchev–Trinajstić information content (AvgIpc) is 2.04. The third-order valence-electron chi connectivity index (χ3n) is 1.94. The maximum atomic E-state index is 11.6. The predicted octanol–water partition coefficient (Wildman–Crippen LogP) is -0.439. The number of hydrogen-bond donors (Lipinski definition) is 1. The molecular formula is C7H16N2O3S. The van der Waals surface area contributed by atoms with E-state index in [1.54, 1.807) is 6.92 Å². The summed E-state index contributed by atoms with van der Waals surface area (Å²) in [5, 5.41) is 0. The second-order valence-corrected chi connectivity index (χ2v) is 4.75. The Labute approximate surface area is 79.2 Å². The summed E-state index contributed by atoms with van der Waals surface area (Å²) in [6.45, 7) is 5.43. The van der Waals surface area contributed by atoms with Gasteiger partial charge in [0.2, 0.25) is 0 Å². The van der Waals surface area contributed by atoms with E-state index in [9.17, 15) is 8.42 Å². The summed E-state index contributed by atoms with van der Waals surface area (Å²) in [7, 11) is -3.28. The van der Waals surface area contributed by atoms with Gasteiger partial charge in [0.25, 0.3) is 10.2 Å². The number of hydrogen-bond acceptors (Lipinski definition) is 3. The summed E-state index contributed by atoms with van der Waals surface area (Å²) >= 11 is 0. The lowest BCUT2D eigenvalue weighted by Crippen LogP contribution is -2.51. The summed E-state index contributed by atoms with van der Waals surface area (Å²) < 4.78 is 32.2. The fourth-order valence-corrected chi connectivity index (χ4v) is 2.71. The van der Waals surface area contributed by atoms with Crippen molar-refractivity contribution in [3.63, 3.8) is 0 Å². The summed E-state index contributed by atoms with van der Waals surface area (Å²) in [4.78, 5) is 0. The van der Waals surface area contributed by atoms with E-state index in [1.165, 1.54) is 4.31 Å². The van der Waals surface area contributed by atoms with Gasteiger partial charge in [-0.25, -0.2) is 4.72 Å². The SMILES string of the molecule is CCNS(=O)(=O)N1CCOCC1C. The van der Waals surface area contributed by atoms with Gasteiger partial charge in [0.15, 0.2) is 0 Å². The van der Waals surface area contributed by atoms with E-state index < -0.39 is 10.2 Å². The van der Waals surface area contributed by atoms with Gasteiger partial charge in [0.05, 0.1) is 13.2 Å². The van der Waals surface area contributed by atoms with Crippen molar-refractivity contribution in [1.82, 2.24) is 9.03 Å². The van der Waals surface area contributed by atoms with Gasteiger partial charge in [0.1, 0.15) is 0 Å². The first-order chi connectivity index (χ1) is 6.08. The van der Waals surface area contributed by atoms with Crippen LogP contribution in [-0.4, -0.2) is 45.1 Å². The molecule has 1 heterocycles. The molecule has 1 aliphatic rings. The maximum absolute atomic E-state index is 11.6. The zero-order chi connectivity index (χ0) is 9.90. The van der Waals surface area contributed by atoms with Crippen molar-refractivity contribution in [2.45, 2.75) is 19.9 Å². The molecule has 5 nitrogen and oxygen atoms in total. The van der Waals surface area contributed by atoms with E-state index >= 15 is 0 Å². The van der Waals surface area contributed by atoms with Crippen LogP contribution in [0.1, 0.15) is 13.8 Å². The molecule has 1 rings (SSSR count). The van der Waals surface area contributed by atoms with E-state index in [4.69, 9.17) is 4.74 Å².